The lowest BCUT2D eigenvalue weighted by Crippen LogP contribution is -2.41. The van der Waals surface area contributed by atoms with Crippen LogP contribution in [0.5, 0.6) is 0 Å². The molecule has 2 aromatic rings. The molecule has 3 rings (SSSR count). The first kappa shape index (κ1) is 17.1. The lowest BCUT2D eigenvalue weighted by Gasteiger charge is -2.33. The maximum absolute atomic E-state index is 10.5. The Morgan fingerprint density at radius 3 is 2.84 bits per heavy atom. The Balaban J connectivity index is 1.54. The molecule has 1 aromatic heterocycles. The SMILES string of the molecule is O=C(O)C=Cc1cnc(N[C@@H]2CCCN(Cc3ccccc3)C2)cn1. The zero-order valence-corrected chi connectivity index (χ0v) is 14.0. The molecule has 25 heavy (non-hydrogen) atoms. The van der Waals surface area contributed by atoms with Crippen LogP contribution >= 0.6 is 0 Å². The largest absolute Gasteiger partial charge is 0.478 e. The number of aromatic nitrogens is 2. The van der Waals surface area contributed by atoms with Crippen molar-refractivity contribution >= 4 is 17.9 Å². The van der Waals surface area contributed by atoms with Gasteiger partial charge in [-0.2, -0.15) is 0 Å². The van der Waals surface area contributed by atoms with Crippen LogP contribution in [-0.2, 0) is 11.3 Å². The van der Waals surface area contributed by atoms with Gasteiger partial charge in [-0.05, 0) is 31.0 Å². The molecule has 0 unspecified atom stereocenters. The molecule has 6 heteroatoms. The summed E-state index contributed by atoms with van der Waals surface area (Å²) >= 11 is 0. The molecule has 0 bridgehead atoms. The van der Waals surface area contributed by atoms with Crippen molar-refractivity contribution in [2.24, 2.45) is 0 Å². The van der Waals surface area contributed by atoms with Crippen molar-refractivity contribution in [1.82, 2.24) is 14.9 Å². The number of rotatable bonds is 6. The van der Waals surface area contributed by atoms with Crippen LogP contribution in [0.15, 0.2) is 48.8 Å². The third kappa shape index (κ3) is 5.39. The predicted octanol–water partition coefficient (Wildman–Crippen LogP) is 2.65. The van der Waals surface area contributed by atoms with Crippen molar-refractivity contribution in [3.05, 3.63) is 60.1 Å². The molecule has 1 fully saturated rings. The van der Waals surface area contributed by atoms with Crippen LogP contribution in [0.2, 0.25) is 0 Å². The minimum Gasteiger partial charge on any atom is -0.478 e. The van der Waals surface area contributed by atoms with E-state index in [0.717, 1.165) is 44.4 Å². The molecule has 1 saturated heterocycles. The number of hydrogen-bond acceptors (Lipinski definition) is 5. The number of carboxylic acid groups (broad SMARTS) is 1. The van der Waals surface area contributed by atoms with Crippen molar-refractivity contribution in [1.29, 1.82) is 0 Å². The van der Waals surface area contributed by atoms with Crippen LogP contribution in [-0.4, -0.2) is 45.1 Å². The summed E-state index contributed by atoms with van der Waals surface area (Å²) in [7, 11) is 0. The molecule has 2 N–H and O–H groups in total. The van der Waals surface area contributed by atoms with Crippen LogP contribution in [0.3, 0.4) is 0 Å². The van der Waals surface area contributed by atoms with E-state index in [0.29, 0.717) is 11.7 Å². The summed E-state index contributed by atoms with van der Waals surface area (Å²) < 4.78 is 0. The molecule has 0 radical (unpaired) electrons. The van der Waals surface area contributed by atoms with Gasteiger partial charge in [0.2, 0.25) is 0 Å². The third-order valence-electron chi connectivity index (χ3n) is 4.18. The van der Waals surface area contributed by atoms with E-state index in [2.05, 4.69) is 44.5 Å². The summed E-state index contributed by atoms with van der Waals surface area (Å²) in [5.41, 5.74) is 1.86. The molecule has 0 aliphatic carbocycles. The van der Waals surface area contributed by atoms with E-state index in [1.165, 1.54) is 11.6 Å². The number of carboxylic acids is 1. The van der Waals surface area contributed by atoms with Crippen LogP contribution in [0.25, 0.3) is 6.08 Å². The summed E-state index contributed by atoms with van der Waals surface area (Å²) in [4.78, 5) is 21.5. The first-order valence-electron chi connectivity index (χ1n) is 8.45. The lowest BCUT2D eigenvalue weighted by atomic mass is 10.0. The number of hydrogen-bond donors (Lipinski definition) is 2. The van der Waals surface area contributed by atoms with Gasteiger partial charge in [0.15, 0.2) is 0 Å². The zero-order chi connectivity index (χ0) is 17.5. The highest BCUT2D eigenvalue weighted by molar-refractivity contribution is 5.84. The standard InChI is InChI=1S/C19H22N4O2/c24-19(25)9-8-16-11-21-18(12-20-16)22-17-7-4-10-23(14-17)13-15-5-2-1-3-6-15/h1-3,5-6,8-9,11-12,17H,4,7,10,13-14H2,(H,21,22)(H,24,25)/t17-/m1/s1. The van der Waals surface area contributed by atoms with E-state index >= 15 is 0 Å². The van der Waals surface area contributed by atoms with Gasteiger partial charge < -0.3 is 10.4 Å². The molecule has 0 saturated carbocycles. The minimum atomic E-state index is -0.996. The second-order valence-electron chi connectivity index (χ2n) is 6.20. The number of aliphatic carboxylic acids is 1. The second-order valence-corrected chi connectivity index (χ2v) is 6.20. The van der Waals surface area contributed by atoms with Gasteiger partial charge in [0.05, 0.1) is 18.1 Å². The monoisotopic (exact) mass is 338 g/mol. The highest BCUT2D eigenvalue weighted by Gasteiger charge is 2.20. The first-order valence-corrected chi connectivity index (χ1v) is 8.45. The second kappa shape index (κ2) is 8.39. The Labute approximate surface area is 147 Å². The number of likely N-dealkylation sites (tertiary alicyclic amines) is 1. The van der Waals surface area contributed by atoms with Gasteiger partial charge in [-0.3, -0.25) is 9.88 Å². The molecule has 1 aliphatic rings. The van der Waals surface area contributed by atoms with E-state index in [4.69, 9.17) is 5.11 Å². The molecule has 0 spiro atoms. The van der Waals surface area contributed by atoms with Gasteiger partial charge in [0, 0.05) is 25.2 Å². The normalized spacial score (nSPS) is 18.3. The Hall–Kier alpha value is -2.73. The zero-order valence-electron chi connectivity index (χ0n) is 14.0. The number of nitrogens with zero attached hydrogens (tertiary/aromatic N) is 3. The van der Waals surface area contributed by atoms with Crippen molar-refractivity contribution < 1.29 is 9.90 Å². The van der Waals surface area contributed by atoms with Gasteiger partial charge in [0.25, 0.3) is 0 Å². The van der Waals surface area contributed by atoms with E-state index in [-0.39, 0.29) is 0 Å². The molecule has 1 aliphatic heterocycles. The quantitative estimate of drug-likeness (QED) is 0.789. The summed E-state index contributed by atoms with van der Waals surface area (Å²) in [5, 5.41) is 12.1. The topological polar surface area (TPSA) is 78.3 Å². The Morgan fingerprint density at radius 1 is 1.28 bits per heavy atom. The van der Waals surface area contributed by atoms with Crippen LogP contribution < -0.4 is 5.32 Å². The van der Waals surface area contributed by atoms with Crippen molar-refractivity contribution in [2.45, 2.75) is 25.4 Å². The number of benzene rings is 1. The molecular weight excluding hydrogens is 316 g/mol. The van der Waals surface area contributed by atoms with Gasteiger partial charge in [0.1, 0.15) is 5.82 Å². The lowest BCUT2D eigenvalue weighted by molar-refractivity contribution is -0.131. The van der Waals surface area contributed by atoms with Crippen molar-refractivity contribution in [2.75, 3.05) is 18.4 Å². The van der Waals surface area contributed by atoms with Crippen LogP contribution in [0.4, 0.5) is 5.82 Å². The Morgan fingerprint density at radius 2 is 2.12 bits per heavy atom. The van der Waals surface area contributed by atoms with E-state index in [1.807, 2.05) is 6.07 Å². The van der Waals surface area contributed by atoms with Crippen molar-refractivity contribution in [3.8, 4) is 0 Å². The van der Waals surface area contributed by atoms with Crippen molar-refractivity contribution in [3.63, 3.8) is 0 Å². The number of nitrogens with one attached hydrogen (secondary N) is 1. The third-order valence-corrected chi connectivity index (χ3v) is 4.18. The predicted molar refractivity (Wildman–Crippen MR) is 97.1 cm³/mol. The maximum atomic E-state index is 10.5. The Bertz CT molecular complexity index is 716. The molecular formula is C19H22N4O2. The van der Waals surface area contributed by atoms with Crippen LogP contribution in [0, 0.1) is 0 Å². The molecule has 130 valence electrons. The van der Waals surface area contributed by atoms with E-state index < -0.39 is 5.97 Å². The van der Waals surface area contributed by atoms with E-state index in [1.54, 1.807) is 12.4 Å². The Kier molecular flexibility index (Phi) is 5.74. The number of piperidine rings is 1. The maximum Gasteiger partial charge on any atom is 0.328 e. The molecule has 1 aromatic carbocycles. The molecule has 6 nitrogen and oxygen atoms in total. The molecule has 1 atom stereocenters. The summed E-state index contributed by atoms with van der Waals surface area (Å²) in [6.45, 7) is 3.04. The minimum absolute atomic E-state index is 0.340. The highest BCUT2D eigenvalue weighted by atomic mass is 16.4. The number of carbonyl (C=O) groups is 1. The average Bonchev–Trinajstić information content (AvgIpc) is 2.62. The van der Waals surface area contributed by atoms with Gasteiger partial charge in [-0.25, -0.2) is 9.78 Å². The fraction of sp³-hybridized carbons (Fsp3) is 0.316. The molecule has 2 heterocycles. The van der Waals surface area contributed by atoms with Gasteiger partial charge in [-0.15, -0.1) is 0 Å². The smallest absolute Gasteiger partial charge is 0.328 e. The summed E-state index contributed by atoms with van der Waals surface area (Å²) in [6.07, 6.45) is 7.97. The fourth-order valence-electron chi connectivity index (χ4n) is 3.02. The highest BCUT2D eigenvalue weighted by Crippen LogP contribution is 2.16. The first-order chi connectivity index (χ1) is 12.2. The summed E-state index contributed by atoms with van der Waals surface area (Å²) in [6, 6.07) is 10.8. The average molecular weight is 338 g/mol. The number of anilines is 1. The van der Waals surface area contributed by atoms with Gasteiger partial charge in [-0.1, -0.05) is 30.3 Å². The fourth-order valence-corrected chi connectivity index (χ4v) is 3.02. The van der Waals surface area contributed by atoms with Crippen LogP contribution in [0.1, 0.15) is 24.1 Å². The summed E-state index contributed by atoms with van der Waals surface area (Å²) in [5.74, 6) is -0.274. The molecule has 0 amide bonds. The van der Waals surface area contributed by atoms with E-state index in [9.17, 15) is 4.79 Å². The van der Waals surface area contributed by atoms with Gasteiger partial charge >= 0.3 is 5.97 Å².